The molecule has 4 rings (SSSR count). The van der Waals surface area contributed by atoms with Gasteiger partial charge in [0.15, 0.2) is 29.2 Å². The van der Waals surface area contributed by atoms with E-state index in [1.807, 2.05) is 0 Å². The Bertz CT molecular complexity index is 1280. The SMILES string of the molecule is CCOc1cc([C@H]2NC(=O)NC(C)=C2C(=O)OC)ccc1OC[C@H](O)N/N=C/c1cc2c(cc1Cl)OCO2. The number of carbonyl (C=O) groups excluding carboxylic acids is 2. The number of nitrogens with one attached hydrogen (secondary N) is 3. The van der Waals surface area contributed by atoms with E-state index in [1.54, 1.807) is 44.2 Å². The largest absolute Gasteiger partial charge is 0.490 e. The fourth-order valence-electron chi connectivity index (χ4n) is 3.85. The number of amides is 2. The van der Waals surface area contributed by atoms with Crippen molar-refractivity contribution < 1.29 is 38.4 Å². The number of urea groups is 1. The van der Waals surface area contributed by atoms with Crippen molar-refractivity contribution >= 4 is 29.8 Å². The van der Waals surface area contributed by atoms with Gasteiger partial charge >= 0.3 is 12.0 Å². The number of benzene rings is 2. The summed E-state index contributed by atoms with van der Waals surface area (Å²) in [6, 6.07) is 7.08. The molecule has 2 aliphatic heterocycles. The maximum atomic E-state index is 12.4. The number of hydrogen-bond acceptors (Lipinski definition) is 10. The molecule has 13 heteroatoms. The summed E-state index contributed by atoms with van der Waals surface area (Å²) < 4.78 is 26.9. The van der Waals surface area contributed by atoms with Crippen LogP contribution in [0.1, 0.15) is 31.0 Å². The van der Waals surface area contributed by atoms with E-state index in [0.717, 1.165) is 0 Å². The number of ether oxygens (including phenoxy) is 5. The molecule has 0 aliphatic carbocycles. The Morgan fingerprint density at radius 2 is 2.03 bits per heavy atom. The van der Waals surface area contributed by atoms with E-state index in [1.165, 1.54) is 13.3 Å². The molecule has 0 radical (unpaired) electrons. The number of hydrogen-bond donors (Lipinski definition) is 4. The number of nitrogens with zero attached hydrogens (tertiary/aromatic N) is 1. The summed E-state index contributed by atoms with van der Waals surface area (Å²) in [6.45, 7) is 3.72. The van der Waals surface area contributed by atoms with Gasteiger partial charge in [-0.2, -0.15) is 5.10 Å². The van der Waals surface area contributed by atoms with E-state index < -0.39 is 24.3 Å². The van der Waals surface area contributed by atoms with Crippen molar-refractivity contribution in [3.8, 4) is 23.0 Å². The molecular weight excluding hydrogens is 520 g/mol. The van der Waals surface area contributed by atoms with Crippen molar-refractivity contribution in [2.45, 2.75) is 26.1 Å². The predicted molar refractivity (Wildman–Crippen MR) is 137 cm³/mol. The third kappa shape index (κ3) is 6.03. The van der Waals surface area contributed by atoms with Gasteiger partial charge in [-0.05, 0) is 37.6 Å². The van der Waals surface area contributed by atoms with Crippen LogP contribution in [-0.4, -0.2) is 56.7 Å². The van der Waals surface area contributed by atoms with Gasteiger partial charge in [-0.3, -0.25) is 5.43 Å². The lowest BCUT2D eigenvalue weighted by Crippen LogP contribution is -2.45. The van der Waals surface area contributed by atoms with Crippen LogP contribution in [0.5, 0.6) is 23.0 Å². The van der Waals surface area contributed by atoms with Gasteiger partial charge in [0.2, 0.25) is 6.79 Å². The fraction of sp³-hybridized carbons (Fsp3) is 0.320. The van der Waals surface area contributed by atoms with E-state index in [2.05, 4.69) is 21.2 Å². The lowest BCUT2D eigenvalue weighted by atomic mass is 9.95. The highest BCUT2D eigenvalue weighted by atomic mass is 35.5. The zero-order chi connectivity index (χ0) is 27.2. The van der Waals surface area contributed by atoms with E-state index in [-0.39, 0.29) is 19.0 Å². The molecule has 202 valence electrons. The van der Waals surface area contributed by atoms with Gasteiger partial charge in [0, 0.05) is 17.3 Å². The lowest BCUT2D eigenvalue weighted by Gasteiger charge is -2.28. The van der Waals surface area contributed by atoms with Crippen molar-refractivity contribution in [1.82, 2.24) is 16.1 Å². The molecule has 0 saturated carbocycles. The first-order valence-electron chi connectivity index (χ1n) is 11.6. The van der Waals surface area contributed by atoms with Crippen LogP contribution in [0.25, 0.3) is 0 Å². The summed E-state index contributed by atoms with van der Waals surface area (Å²) in [6.07, 6.45) is 0.281. The molecule has 2 amide bonds. The van der Waals surface area contributed by atoms with Crippen LogP contribution in [0.2, 0.25) is 5.02 Å². The smallest absolute Gasteiger partial charge is 0.337 e. The number of methoxy groups -OCH3 is 1. The first kappa shape index (κ1) is 26.9. The van der Waals surface area contributed by atoms with Crippen LogP contribution < -0.4 is 35.0 Å². The Morgan fingerprint density at radius 1 is 1.26 bits per heavy atom. The summed E-state index contributed by atoms with van der Waals surface area (Å²) in [7, 11) is 1.27. The molecule has 4 N–H and O–H groups in total. The number of fused-ring (bicyclic) bond motifs is 1. The second-order valence-corrected chi connectivity index (χ2v) is 8.55. The van der Waals surface area contributed by atoms with Crippen LogP contribution in [-0.2, 0) is 9.53 Å². The first-order valence-corrected chi connectivity index (χ1v) is 12.0. The summed E-state index contributed by atoms with van der Waals surface area (Å²) in [5, 5.41) is 20.0. The van der Waals surface area contributed by atoms with Crippen molar-refractivity contribution in [3.63, 3.8) is 0 Å². The van der Waals surface area contributed by atoms with Gasteiger partial charge in [0.1, 0.15) is 6.61 Å². The van der Waals surface area contributed by atoms with Crippen LogP contribution in [0.3, 0.4) is 0 Å². The second kappa shape index (κ2) is 11.9. The van der Waals surface area contributed by atoms with Gasteiger partial charge < -0.3 is 39.4 Å². The molecule has 2 aliphatic rings. The van der Waals surface area contributed by atoms with Crippen LogP contribution in [0, 0.1) is 0 Å². The van der Waals surface area contributed by atoms with Crippen LogP contribution in [0.15, 0.2) is 46.7 Å². The number of allylic oxidation sites excluding steroid dienone is 1. The molecule has 2 aromatic rings. The van der Waals surface area contributed by atoms with Crippen LogP contribution >= 0.6 is 11.6 Å². The first-order chi connectivity index (χ1) is 18.3. The normalized spacial score (nSPS) is 17.1. The molecule has 0 saturated heterocycles. The highest BCUT2D eigenvalue weighted by Gasteiger charge is 2.32. The summed E-state index contributed by atoms with van der Waals surface area (Å²) in [5.41, 5.74) is 4.38. The van der Waals surface area contributed by atoms with E-state index in [9.17, 15) is 14.7 Å². The Kier molecular flexibility index (Phi) is 8.44. The minimum atomic E-state index is -1.16. The topological polar surface area (TPSA) is 149 Å². The minimum absolute atomic E-state index is 0.126. The molecule has 2 aromatic carbocycles. The van der Waals surface area contributed by atoms with Gasteiger partial charge in [-0.1, -0.05) is 17.7 Å². The molecule has 12 nitrogen and oxygen atoms in total. The number of hydrazone groups is 1. The summed E-state index contributed by atoms with van der Waals surface area (Å²) in [4.78, 5) is 24.5. The van der Waals surface area contributed by atoms with Crippen LogP contribution in [0.4, 0.5) is 4.79 Å². The highest BCUT2D eigenvalue weighted by molar-refractivity contribution is 6.33. The number of aliphatic hydroxyl groups excluding tert-OH is 1. The monoisotopic (exact) mass is 546 g/mol. The Balaban J connectivity index is 1.43. The van der Waals surface area contributed by atoms with Crippen molar-refractivity contribution in [1.29, 1.82) is 0 Å². The Morgan fingerprint density at radius 3 is 2.76 bits per heavy atom. The minimum Gasteiger partial charge on any atom is -0.490 e. The summed E-state index contributed by atoms with van der Waals surface area (Å²) >= 11 is 6.22. The molecule has 0 spiro atoms. The van der Waals surface area contributed by atoms with Gasteiger partial charge in [-0.25, -0.2) is 9.59 Å². The van der Waals surface area contributed by atoms with Gasteiger partial charge in [0.05, 0.1) is 36.6 Å². The third-order valence-electron chi connectivity index (χ3n) is 5.59. The zero-order valence-electron chi connectivity index (χ0n) is 20.9. The van der Waals surface area contributed by atoms with Gasteiger partial charge in [0.25, 0.3) is 0 Å². The molecule has 38 heavy (non-hydrogen) atoms. The molecule has 0 unspecified atom stereocenters. The Hall–Kier alpha value is -4.16. The molecule has 0 bridgehead atoms. The molecule has 0 aromatic heterocycles. The number of esters is 1. The fourth-order valence-corrected chi connectivity index (χ4v) is 4.05. The maximum Gasteiger partial charge on any atom is 0.337 e. The standard InChI is InChI=1S/C25H27ClN4O8/c1-4-35-18-7-14(23-22(24(32)34-3)13(2)28-25(33)29-23)5-6-17(18)36-11-21(31)30-27-10-15-8-19-20(9-16(15)26)38-12-37-19/h5-10,21,23,30-31H,4,11-12H2,1-3H3,(H2,28,29,33)/b27-10+/t21-,23+/m0/s1. The van der Waals surface area contributed by atoms with Crippen molar-refractivity contribution in [3.05, 3.63) is 57.8 Å². The number of rotatable bonds is 10. The number of aliphatic hydroxyl groups is 1. The van der Waals surface area contributed by atoms with Crippen molar-refractivity contribution in [2.24, 2.45) is 5.10 Å². The predicted octanol–water partition coefficient (Wildman–Crippen LogP) is 2.59. The molecule has 2 atom stereocenters. The van der Waals surface area contributed by atoms with E-state index >= 15 is 0 Å². The average Bonchev–Trinajstić information content (AvgIpc) is 3.34. The van der Waals surface area contributed by atoms with E-state index in [0.29, 0.717) is 51.5 Å². The molecule has 2 heterocycles. The molecular formula is C25H27ClN4O8. The third-order valence-corrected chi connectivity index (χ3v) is 5.92. The average molecular weight is 547 g/mol. The number of halogens is 1. The quantitative estimate of drug-likeness (QED) is 0.153. The number of carbonyl (C=O) groups is 2. The van der Waals surface area contributed by atoms with Gasteiger partial charge in [-0.15, -0.1) is 0 Å². The lowest BCUT2D eigenvalue weighted by molar-refractivity contribution is -0.136. The van der Waals surface area contributed by atoms with Crippen molar-refractivity contribution in [2.75, 3.05) is 27.1 Å². The Labute approximate surface area is 223 Å². The summed E-state index contributed by atoms with van der Waals surface area (Å²) in [5.74, 6) is 1.25. The second-order valence-electron chi connectivity index (χ2n) is 8.14. The maximum absolute atomic E-state index is 12.4. The van der Waals surface area contributed by atoms with E-state index in [4.69, 9.17) is 35.3 Å². The highest BCUT2D eigenvalue weighted by Crippen LogP contribution is 2.36. The molecule has 0 fully saturated rings. The zero-order valence-corrected chi connectivity index (χ0v) is 21.6.